The fourth-order valence-corrected chi connectivity index (χ4v) is 8.32. The molecule has 2 aliphatic heterocycles. The lowest BCUT2D eigenvalue weighted by atomic mass is 9.49. The van der Waals surface area contributed by atoms with Crippen LogP contribution in [-0.4, -0.2) is 67.0 Å². The van der Waals surface area contributed by atoms with Crippen molar-refractivity contribution in [1.82, 2.24) is 9.80 Å². The summed E-state index contributed by atoms with van der Waals surface area (Å²) in [6, 6.07) is 7.92. The average Bonchev–Trinajstić information content (AvgIpc) is 3.33. The van der Waals surface area contributed by atoms with Crippen LogP contribution < -0.4 is 9.64 Å². The Bertz CT molecular complexity index is 903. The van der Waals surface area contributed by atoms with Gasteiger partial charge in [-0.1, -0.05) is 12.1 Å². The number of benzene rings is 1. The zero-order chi connectivity index (χ0) is 23.3. The zero-order valence-corrected chi connectivity index (χ0v) is 20.6. The van der Waals surface area contributed by atoms with Crippen LogP contribution in [0.3, 0.4) is 0 Å². The van der Waals surface area contributed by atoms with Crippen molar-refractivity contribution < 1.29 is 14.3 Å². The van der Waals surface area contributed by atoms with Crippen molar-refractivity contribution in [3.8, 4) is 5.75 Å². The summed E-state index contributed by atoms with van der Waals surface area (Å²) in [7, 11) is 0. The normalized spacial score (nSPS) is 34.6. The van der Waals surface area contributed by atoms with Gasteiger partial charge in [-0.3, -0.25) is 9.59 Å². The number of rotatable bonds is 5. The number of carbonyl (C=O) groups is 2. The Morgan fingerprint density at radius 1 is 0.941 bits per heavy atom. The highest BCUT2D eigenvalue weighted by atomic mass is 16.5. The van der Waals surface area contributed by atoms with Crippen molar-refractivity contribution in [2.75, 3.05) is 44.2 Å². The molecule has 4 aliphatic carbocycles. The van der Waals surface area contributed by atoms with Crippen molar-refractivity contribution in [1.29, 1.82) is 0 Å². The van der Waals surface area contributed by atoms with Crippen LogP contribution in [0.4, 0.5) is 5.69 Å². The van der Waals surface area contributed by atoms with Gasteiger partial charge in [0.25, 0.3) is 0 Å². The van der Waals surface area contributed by atoms with Gasteiger partial charge in [0.1, 0.15) is 11.8 Å². The SMILES string of the molecule is CCOc1ccccc1N1CCN(C(=O)C2CCCN2C(=O)C23CC4CC(CC(C4)C2)C3)CC1. The fraction of sp³-hybridized carbons (Fsp3) is 0.714. The number of hydrogen-bond donors (Lipinski definition) is 0. The van der Waals surface area contributed by atoms with E-state index >= 15 is 0 Å². The van der Waals surface area contributed by atoms with Gasteiger partial charge in [-0.2, -0.15) is 0 Å². The molecule has 1 aromatic carbocycles. The molecule has 0 aromatic heterocycles. The van der Waals surface area contributed by atoms with Crippen LogP contribution in [0.25, 0.3) is 0 Å². The molecule has 2 heterocycles. The maximum Gasteiger partial charge on any atom is 0.245 e. The van der Waals surface area contributed by atoms with Crippen LogP contribution in [0, 0.1) is 23.2 Å². The first-order valence-electron chi connectivity index (χ1n) is 13.6. The molecule has 0 radical (unpaired) electrons. The van der Waals surface area contributed by atoms with Gasteiger partial charge in [0.05, 0.1) is 17.7 Å². The molecule has 1 atom stereocenters. The molecule has 184 valence electrons. The summed E-state index contributed by atoms with van der Waals surface area (Å²) in [5.41, 5.74) is 0.954. The zero-order valence-electron chi connectivity index (χ0n) is 20.6. The minimum atomic E-state index is -0.247. The third kappa shape index (κ3) is 3.77. The van der Waals surface area contributed by atoms with E-state index in [1.165, 1.54) is 19.3 Å². The fourth-order valence-electron chi connectivity index (χ4n) is 8.32. The van der Waals surface area contributed by atoms with E-state index in [0.717, 1.165) is 80.9 Å². The molecule has 6 fully saturated rings. The Morgan fingerprint density at radius 3 is 2.24 bits per heavy atom. The Morgan fingerprint density at radius 2 is 1.59 bits per heavy atom. The van der Waals surface area contributed by atoms with Crippen molar-refractivity contribution in [2.45, 2.75) is 64.3 Å². The summed E-state index contributed by atoms with van der Waals surface area (Å²) >= 11 is 0. The maximum atomic E-state index is 14.0. The number of carbonyl (C=O) groups excluding carboxylic acids is 2. The summed E-state index contributed by atoms with van der Waals surface area (Å²) in [6.45, 7) is 6.41. The van der Waals surface area contributed by atoms with Crippen LogP contribution in [0.1, 0.15) is 58.3 Å². The van der Waals surface area contributed by atoms with Crippen molar-refractivity contribution in [3.63, 3.8) is 0 Å². The van der Waals surface area contributed by atoms with E-state index in [9.17, 15) is 9.59 Å². The van der Waals surface area contributed by atoms with Crippen LogP contribution in [0.5, 0.6) is 5.75 Å². The van der Waals surface area contributed by atoms with E-state index in [0.29, 0.717) is 25.6 Å². The van der Waals surface area contributed by atoms with E-state index in [1.807, 2.05) is 34.9 Å². The van der Waals surface area contributed by atoms with Crippen LogP contribution >= 0.6 is 0 Å². The predicted octanol–water partition coefficient (Wildman–Crippen LogP) is 3.94. The first kappa shape index (κ1) is 22.2. The summed E-state index contributed by atoms with van der Waals surface area (Å²) < 4.78 is 5.82. The Labute approximate surface area is 203 Å². The van der Waals surface area contributed by atoms with Crippen molar-refractivity contribution >= 4 is 17.5 Å². The smallest absolute Gasteiger partial charge is 0.245 e. The predicted molar refractivity (Wildman–Crippen MR) is 132 cm³/mol. The minimum absolute atomic E-state index is 0.153. The lowest BCUT2D eigenvalue weighted by Crippen LogP contribution is -2.59. The van der Waals surface area contributed by atoms with E-state index in [2.05, 4.69) is 11.0 Å². The molecular weight excluding hydrogens is 426 g/mol. The van der Waals surface area contributed by atoms with Gasteiger partial charge in [-0.25, -0.2) is 0 Å². The molecule has 4 bridgehead atoms. The first-order valence-corrected chi connectivity index (χ1v) is 13.6. The molecule has 7 rings (SSSR count). The molecule has 34 heavy (non-hydrogen) atoms. The summed E-state index contributed by atoms with van der Waals surface area (Å²) in [5, 5.41) is 0. The van der Waals surface area contributed by atoms with Gasteiger partial charge in [0, 0.05) is 32.7 Å². The molecule has 2 amide bonds. The third-order valence-corrected chi connectivity index (χ3v) is 9.39. The molecule has 6 aliphatic rings. The molecule has 2 saturated heterocycles. The van der Waals surface area contributed by atoms with Crippen molar-refractivity contribution in [3.05, 3.63) is 24.3 Å². The second-order valence-corrected chi connectivity index (χ2v) is 11.6. The number of anilines is 1. The molecule has 0 N–H and O–H groups in total. The number of piperazine rings is 1. The van der Waals surface area contributed by atoms with Crippen LogP contribution in [-0.2, 0) is 9.59 Å². The summed E-state index contributed by atoms with van der Waals surface area (Å²) in [4.78, 5) is 34.0. The number of hydrogen-bond acceptors (Lipinski definition) is 4. The Balaban J connectivity index is 1.12. The van der Waals surface area contributed by atoms with E-state index in [1.54, 1.807) is 0 Å². The molecule has 6 heteroatoms. The summed E-state index contributed by atoms with van der Waals surface area (Å²) in [5.74, 6) is 3.66. The van der Waals surface area contributed by atoms with E-state index in [-0.39, 0.29) is 17.4 Å². The van der Waals surface area contributed by atoms with Gasteiger partial charge < -0.3 is 19.4 Å². The quantitative estimate of drug-likeness (QED) is 0.661. The number of likely N-dealkylation sites (tertiary alicyclic amines) is 1. The molecule has 1 aromatic rings. The van der Waals surface area contributed by atoms with E-state index < -0.39 is 0 Å². The Kier molecular flexibility index (Phi) is 5.73. The van der Waals surface area contributed by atoms with Gasteiger partial charge in [-0.15, -0.1) is 0 Å². The molecular formula is C28H39N3O3. The van der Waals surface area contributed by atoms with Gasteiger partial charge in [0.15, 0.2) is 0 Å². The van der Waals surface area contributed by atoms with Gasteiger partial charge >= 0.3 is 0 Å². The molecule has 1 unspecified atom stereocenters. The average molecular weight is 466 g/mol. The lowest BCUT2D eigenvalue weighted by Gasteiger charge is -2.56. The highest BCUT2D eigenvalue weighted by Gasteiger charge is 2.57. The van der Waals surface area contributed by atoms with Gasteiger partial charge in [-0.05, 0) is 88.2 Å². The monoisotopic (exact) mass is 465 g/mol. The Hall–Kier alpha value is -2.24. The second-order valence-electron chi connectivity index (χ2n) is 11.6. The highest BCUT2D eigenvalue weighted by molar-refractivity contribution is 5.91. The summed E-state index contributed by atoms with van der Waals surface area (Å²) in [6.07, 6.45) is 9.02. The number of para-hydroxylation sites is 2. The second kappa shape index (κ2) is 8.76. The maximum absolute atomic E-state index is 14.0. The standard InChI is InChI=1S/C28H39N3O3/c1-2-34-25-8-4-3-6-23(25)29-10-12-30(13-11-29)26(32)24-7-5-9-31(24)27(33)28-17-20-14-21(18-28)16-22(15-20)19-28/h3-4,6,8,20-22,24H,2,5,7,9-19H2,1H3. The minimum Gasteiger partial charge on any atom is -0.492 e. The largest absolute Gasteiger partial charge is 0.492 e. The molecule has 6 nitrogen and oxygen atoms in total. The van der Waals surface area contributed by atoms with Gasteiger partial charge in [0.2, 0.25) is 11.8 Å². The number of nitrogens with zero attached hydrogens (tertiary/aromatic N) is 3. The first-order chi connectivity index (χ1) is 16.6. The van der Waals surface area contributed by atoms with Crippen LogP contribution in [0.15, 0.2) is 24.3 Å². The number of amides is 2. The topological polar surface area (TPSA) is 53.1 Å². The van der Waals surface area contributed by atoms with E-state index in [4.69, 9.17) is 4.74 Å². The highest BCUT2D eigenvalue weighted by Crippen LogP contribution is 2.60. The third-order valence-electron chi connectivity index (χ3n) is 9.39. The number of ether oxygens (including phenoxy) is 1. The van der Waals surface area contributed by atoms with Crippen LogP contribution in [0.2, 0.25) is 0 Å². The van der Waals surface area contributed by atoms with Crippen molar-refractivity contribution in [2.24, 2.45) is 23.2 Å². The molecule has 4 saturated carbocycles. The lowest BCUT2D eigenvalue weighted by molar-refractivity contribution is -0.162. The molecule has 0 spiro atoms.